The molecule has 0 amide bonds. The highest BCUT2D eigenvalue weighted by Crippen LogP contribution is 2.49. The first kappa shape index (κ1) is 14.7. The number of rotatable bonds is 2. The van der Waals surface area contributed by atoms with Crippen molar-refractivity contribution in [2.75, 3.05) is 13.1 Å². The first-order valence-electron chi connectivity index (χ1n) is 9.45. The van der Waals surface area contributed by atoms with Crippen LogP contribution in [0, 0.1) is 11.8 Å². The van der Waals surface area contributed by atoms with Crippen molar-refractivity contribution in [1.82, 2.24) is 9.88 Å². The van der Waals surface area contributed by atoms with Gasteiger partial charge in [0.15, 0.2) is 0 Å². The SMILES string of the molecule is C[C@H]1C2Cc3cc4cc[nH]c(=O)c4cc3[C@@]1(C)CCN2CC1CC1. The Morgan fingerprint density at radius 1 is 1.33 bits per heavy atom. The Balaban J connectivity index is 1.64. The Bertz CT molecular complexity index is 866. The van der Waals surface area contributed by atoms with Crippen molar-refractivity contribution in [3.63, 3.8) is 0 Å². The van der Waals surface area contributed by atoms with Crippen molar-refractivity contribution in [3.05, 3.63) is 45.9 Å². The van der Waals surface area contributed by atoms with E-state index in [1.807, 2.05) is 6.07 Å². The number of pyridine rings is 1. The molecule has 5 rings (SSSR count). The third-order valence-corrected chi connectivity index (χ3v) is 7.20. The number of piperidine rings is 1. The molecule has 3 atom stereocenters. The van der Waals surface area contributed by atoms with Gasteiger partial charge in [-0.25, -0.2) is 0 Å². The lowest BCUT2D eigenvalue weighted by Gasteiger charge is -2.55. The average molecular weight is 322 g/mol. The fourth-order valence-corrected chi connectivity index (χ4v) is 5.26. The van der Waals surface area contributed by atoms with Gasteiger partial charge >= 0.3 is 0 Å². The minimum atomic E-state index is 0.0415. The molecule has 1 aliphatic heterocycles. The van der Waals surface area contributed by atoms with E-state index in [-0.39, 0.29) is 11.0 Å². The van der Waals surface area contributed by atoms with Crippen LogP contribution in [0.2, 0.25) is 0 Å². The summed E-state index contributed by atoms with van der Waals surface area (Å²) in [6, 6.07) is 7.19. The molecule has 0 spiro atoms. The number of nitrogens with one attached hydrogen (secondary N) is 1. The Hall–Kier alpha value is -1.61. The van der Waals surface area contributed by atoms with Crippen LogP contribution in [0.25, 0.3) is 10.8 Å². The monoisotopic (exact) mass is 322 g/mol. The molecule has 1 saturated carbocycles. The summed E-state index contributed by atoms with van der Waals surface area (Å²) in [6.07, 6.45) is 6.98. The molecular weight excluding hydrogens is 296 g/mol. The average Bonchev–Trinajstić information content (AvgIpc) is 3.37. The standard InChI is InChI=1S/C21H26N2O/c1-13-19-10-16-9-15-5-7-22-20(24)17(15)11-18(16)21(13,2)6-8-23(19)12-14-3-4-14/h5,7,9,11,13-14,19H,3-4,6,8,10,12H2,1-2H3,(H,22,24)/t13-,19?,21-/m0/s1. The lowest BCUT2D eigenvalue weighted by molar-refractivity contribution is 0.0285. The molecule has 1 saturated heterocycles. The smallest absolute Gasteiger partial charge is 0.255 e. The molecule has 2 aliphatic carbocycles. The van der Waals surface area contributed by atoms with Crippen molar-refractivity contribution in [2.45, 2.75) is 51.0 Å². The first-order valence-corrected chi connectivity index (χ1v) is 9.45. The summed E-state index contributed by atoms with van der Waals surface area (Å²) in [5.41, 5.74) is 3.15. The number of hydrogen-bond acceptors (Lipinski definition) is 2. The predicted octanol–water partition coefficient (Wildman–Crippen LogP) is 3.46. The molecule has 24 heavy (non-hydrogen) atoms. The minimum Gasteiger partial charge on any atom is -0.329 e. The van der Waals surface area contributed by atoms with Crippen LogP contribution in [-0.2, 0) is 11.8 Å². The van der Waals surface area contributed by atoms with Gasteiger partial charge in [-0.2, -0.15) is 0 Å². The van der Waals surface area contributed by atoms with E-state index in [0.717, 1.165) is 23.1 Å². The molecule has 2 heterocycles. The summed E-state index contributed by atoms with van der Waals surface area (Å²) in [5.74, 6) is 1.61. The number of fused-ring (bicyclic) bond motifs is 5. The van der Waals surface area contributed by atoms with E-state index in [0.29, 0.717) is 12.0 Å². The number of H-pyrrole nitrogens is 1. The number of aromatic nitrogens is 1. The lowest BCUT2D eigenvalue weighted by Crippen LogP contribution is -2.58. The van der Waals surface area contributed by atoms with Crippen LogP contribution in [0.4, 0.5) is 0 Å². The predicted molar refractivity (Wildman–Crippen MR) is 97.5 cm³/mol. The fourth-order valence-electron chi connectivity index (χ4n) is 5.26. The third-order valence-electron chi connectivity index (χ3n) is 7.20. The maximum absolute atomic E-state index is 12.2. The van der Waals surface area contributed by atoms with Crippen molar-refractivity contribution < 1.29 is 0 Å². The van der Waals surface area contributed by atoms with E-state index < -0.39 is 0 Å². The summed E-state index contributed by atoms with van der Waals surface area (Å²) in [4.78, 5) is 17.8. The van der Waals surface area contributed by atoms with E-state index in [4.69, 9.17) is 0 Å². The normalized spacial score (nSPS) is 32.8. The number of nitrogens with zero attached hydrogens (tertiary/aromatic N) is 1. The lowest BCUT2D eigenvalue weighted by atomic mass is 9.58. The van der Waals surface area contributed by atoms with Gasteiger partial charge in [0.25, 0.3) is 5.56 Å². The van der Waals surface area contributed by atoms with Crippen molar-refractivity contribution >= 4 is 10.8 Å². The largest absolute Gasteiger partial charge is 0.329 e. The molecule has 126 valence electrons. The Labute approximate surface area is 143 Å². The van der Waals surface area contributed by atoms with Crippen LogP contribution >= 0.6 is 0 Å². The van der Waals surface area contributed by atoms with Gasteiger partial charge in [0.05, 0.1) is 0 Å². The second-order valence-electron chi connectivity index (χ2n) is 8.57. The zero-order valence-corrected chi connectivity index (χ0v) is 14.6. The Morgan fingerprint density at radius 2 is 2.17 bits per heavy atom. The molecule has 3 nitrogen and oxygen atoms in total. The third kappa shape index (κ3) is 2.03. The van der Waals surface area contributed by atoms with Gasteiger partial charge < -0.3 is 4.98 Å². The number of aromatic amines is 1. The van der Waals surface area contributed by atoms with E-state index in [1.165, 1.54) is 43.5 Å². The van der Waals surface area contributed by atoms with Gasteiger partial charge in [-0.1, -0.05) is 19.9 Å². The highest BCUT2D eigenvalue weighted by Gasteiger charge is 2.49. The van der Waals surface area contributed by atoms with Gasteiger partial charge in [0, 0.05) is 24.2 Å². The summed E-state index contributed by atoms with van der Waals surface area (Å²) >= 11 is 0. The van der Waals surface area contributed by atoms with Crippen LogP contribution in [-0.4, -0.2) is 29.0 Å². The maximum Gasteiger partial charge on any atom is 0.255 e. The molecule has 1 N–H and O–H groups in total. The molecule has 1 aromatic heterocycles. The summed E-state index contributed by atoms with van der Waals surface area (Å²) in [5, 5.41) is 1.94. The number of benzene rings is 1. The van der Waals surface area contributed by atoms with Gasteiger partial charge in [0.1, 0.15) is 0 Å². The zero-order valence-electron chi connectivity index (χ0n) is 14.6. The van der Waals surface area contributed by atoms with Gasteiger partial charge in [-0.3, -0.25) is 9.69 Å². The molecular formula is C21H26N2O. The van der Waals surface area contributed by atoms with Gasteiger partial charge in [-0.15, -0.1) is 0 Å². The molecule has 1 aromatic carbocycles. The highest BCUT2D eigenvalue weighted by atomic mass is 16.1. The second kappa shape index (κ2) is 4.95. The van der Waals surface area contributed by atoms with E-state index in [2.05, 4.69) is 35.9 Å². The number of hydrogen-bond donors (Lipinski definition) is 1. The summed E-state index contributed by atoms with van der Waals surface area (Å²) in [7, 11) is 0. The van der Waals surface area contributed by atoms with Crippen molar-refractivity contribution in [1.29, 1.82) is 0 Å². The molecule has 0 radical (unpaired) electrons. The fraction of sp³-hybridized carbons (Fsp3) is 0.571. The Kier molecular flexibility index (Phi) is 3.03. The highest BCUT2D eigenvalue weighted by molar-refractivity contribution is 5.83. The van der Waals surface area contributed by atoms with Crippen LogP contribution in [0.5, 0.6) is 0 Å². The van der Waals surface area contributed by atoms with Crippen molar-refractivity contribution in [3.8, 4) is 0 Å². The minimum absolute atomic E-state index is 0.0415. The number of likely N-dealkylation sites (tertiary alicyclic amines) is 1. The quantitative estimate of drug-likeness (QED) is 0.919. The van der Waals surface area contributed by atoms with Crippen LogP contribution < -0.4 is 5.56 Å². The molecule has 3 heteroatoms. The summed E-state index contributed by atoms with van der Waals surface area (Å²) in [6.45, 7) is 7.38. The van der Waals surface area contributed by atoms with E-state index >= 15 is 0 Å². The molecule has 3 aliphatic rings. The van der Waals surface area contributed by atoms with Crippen molar-refractivity contribution in [2.24, 2.45) is 11.8 Å². The van der Waals surface area contributed by atoms with Gasteiger partial charge in [0.2, 0.25) is 0 Å². The van der Waals surface area contributed by atoms with Crippen LogP contribution in [0.3, 0.4) is 0 Å². The Morgan fingerprint density at radius 3 is 2.96 bits per heavy atom. The molecule has 2 fully saturated rings. The van der Waals surface area contributed by atoms with Crippen LogP contribution in [0.1, 0.15) is 44.2 Å². The first-order chi connectivity index (χ1) is 11.6. The molecule has 1 unspecified atom stereocenters. The van der Waals surface area contributed by atoms with Crippen LogP contribution in [0.15, 0.2) is 29.2 Å². The van der Waals surface area contributed by atoms with E-state index in [9.17, 15) is 4.79 Å². The molecule has 2 bridgehead atoms. The maximum atomic E-state index is 12.2. The second-order valence-corrected chi connectivity index (χ2v) is 8.57. The topological polar surface area (TPSA) is 36.1 Å². The van der Waals surface area contributed by atoms with E-state index in [1.54, 1.807) is 6.20 Å². The molecule has 2 aromatic rings. The van der Waals surface area contributed by atoms with Gasteiger partial charge in [-0.05, 0) is 78.1 Å². The summed E-state index contributed by atoms with van der Waals surface area (Å²) < 4.78 is 0. The zero-order chi connectivity index (χ0) is 16.5.